The molecule has 0 aliphatic heterocycles. The van der Waals surface area contributed by atoms with Crippen LogP contribution in [-0.4, -0.2) is 17.8 Å². The fourth-order valence-corrected chi connectivity index (χ4v) is 1.91. The third kappa shape index (κ3) is 4.78. The molecule has 94 valence electrons. The Morgan fingerprint density at radius 1 is 1.29 bits per heavy atom. The molecule has 0 saturated carbocycles. The molecular formula is C14H20ClNO. The van der Waals surface area contributed by atoms with Gasteiger partial charge >= 0.3 is 0 Å². The largest absolute Gasteiger partial charge is 0.348 e. The first kappa shape index (κ1) is 14.0. The first-order chi connectivity index (χ1) is 8.02. The lowest BCUT2D eigenvalue weighted by atomic mass is 10.0. The lowest BCUT2D eigenvalue weighted by Gasteiger charge is -2.18. The van der Waals surface area contributed by atoms with Crippen molar-refractivity contribution in [2.75, 3.05) is 5.88 Å². The molecule has 2 nitrogen and oxygen atoms in total. The fraction of sp³-hybridized carbons (Fsp3) is 0.500. The van der Waals surface area contributed by atoms with Crippen LogP contribution >= 0.6 is 11.6 Å². The first-order valence-corrected chi connectivity index (χ1v) is 6.50. The molecule has 0 aliphatic rings. The summed E-state index contributed by atoms with van der Waals surface area (Å²) in [4.78, 5) is 11.9. The number of halogens is 1. The van der Waals surface area contributed by atoms with Crippen LogP contribution in [0, 0.1) is 12.8 Å². The Bertz CT molecular complexity index is 359. The van der Waals surface area contributed by atoms with E-state index >= 15 is 0 Å². The summed E-state index contributed by atoms with van der Waals surface area (Å²) in [7, 11) is 0. The number of nitrogens with one attached hydrogen (secondary N) is 1. The van der Waals surface area contributed by atoms with Crippen LogP contribution < -0.4 is 5.32 Å². The Morgan fingerprint density at radius 2 is 1.88 bits per heavy atom. The summed E-state index contributed by atoms with van der Waals surface area (Å²) < 4.78 is 0. The van der Waals surface area contributed by atoms with E-state index in [9.17, 15) is 4.79 Å². The zero-order valence-corrected chi connectivity index (χ0v) is 11.4. The van der Waals surface area contributed by atoms with E-state index in [0.29, 0.717) is 17.4 Å². The molecule has 0 fully saturated rings. The second-order valence-corrected chi connectivity index (χ2v) is 5.13. The van der Waals surface area contributed by atoms with Gasteiger partial charge in [0, 0.05) is 17.5 Å². The fourth-order valence-electron chi connectivity index (χ4n) is 1.70. The first-order valence-electron chi connectivity index (χ1n) is 5.96. The summed E-state index contributed by atoms with van der Waals surface area (Å²) in [6.07, 6.45) is 0.904. The van der Waals surface area contributed by atoms with Crippen LogP contribution in [-0.2, 0) is 0 Å². The normalized spacial score (nSPS) is 12.5. The zero-order chi connectivity index (χ0) is 12.8. The molecule has 0 aliphatic carbocycles. The van der Waals surface area contributed by atoms with E-state index in [1.807, 2.05) is 31.2 Å². The Hall–Kier alpha value is -1.02. The van der Waals surface area contributed by atoms with E-state index in [0.717, 1.165) is 12.0 Å². The van der Waals surface area contributed by atoms with Crippen molar-refractivity contribution in [3.8, 4) is 0 Å². The Labute approximate surface area is 108 Å². The lowest BCUT2D eigenvalue weighted by Crippen LogP contribution is -2.37. The van der Waals surface area contributed by atoms with Gasteiger partial charge in [-0.05, 0) is 31.4 Å². The van der Waals surface area contributed by atoms with Crippen molar-refractivity contribution in [2.45, 2.75) is 33.2 Å². The number of rotatable bonds is 5. The van der Waals surface area contributed by atoms with Crippen LogP contribution in [0.25, 0.3) is 0 Å². The summed E-state index contributed by atoms with van der Waals surface area (Å²) in [6, 6.07) is 7.60. The van der Waals surface area contributed by atoms with Crippen molar-refractivity contribution in [2.24, 2.45) is 5.92 Å². The molecule has 0 heterocycles. The maximum atomic E-state index is 11.9. The number of aryl methyl sites for hydroxylation is 1. The van der Waals surface area contributed by atoms with Crippen LogP contribution in [0.15, 0.2) is 24.3 Å². The highest BCUT2D eigenvalue weighted by Gasteiger charge is 2.13. The van der Waals surface area contributed by atoms with Gasteiger partial charge in [0.25, 0.3) is 5.91 Å². The number of benzene rings is 1. The van der Waals surface area contributed by atoms with Crippen molar-refractivity contribution >= 4 is 17.5 Å². The smallest absolute Gasteiger partial charge is 0.251 e. The Balaban J connectivity index is 2.61. The molecule has 1 amide bonds. The number of carbonyl (C=O) groups is 1. The summed E-state index contributed by atoms with van der Waals surface area (Å²) in [5, 5.41) is 2.96. The molecule has 0 aromatic heterocycles. The van der Waals surface area contributed by atoms with Gasteiger partial charge in [0.15, 0.2) is 0 Å². The van der Waals surface area contributed by atoms with E-state index in [1.54, 1.807) is 0 Å². The zero-order valence-electron chi connectivity index (χ0n) is 10.7. The van der Waals surface area contributed by atoms with Crippen LogP contribution in [0.3, 0.4) is 0 Å². The average Bonchev–Trinajstić information content (AvgIpc) is 2.28. The van der Waals surface area contributed by atoms with Crippen LogP contribution in [0.4, 0.5) is 0 Å². The van der Waals surface area contributed by atoms with Gasteiger partial charge in [-0.3, -0.25) is 4.79 Å². The third-order valence-corrected chi connectivity index (χ3v) is 2.96. The Kier molecular flexibility index (Phi) is 5.49. The summed E-state index contributed by atoms with van der Waals surface area (Å²) in [5.74, 6) is 0.934. The SMILES string of the molecule is Cc1ccc(C(=O)NC(CCl)CC(C)C)cc1. The molecule has 0 saturated heterocycles. The molecule has 0 radical (unpaired) electrons. The van der Waals surface area contributed by atoms with Gasteiger partial charge in [-0.25, -0.2) is 0 Å². The molecule has 1 aromatic carbocycles. The van der Waals surface area contributed by atoms with Gasteiger partial charge in [0.05, 0.1) is 0 Å². The quantitative estimate of drug-likeness (QED) is 0.801. The van der Waals surface area contributed by atoms with Crippen molar-refractivity contribution in [3.05, 3.63) is 35.4 Å². The third-order valence-electron chi connectivity index (χ3n) is 2.59. The second-order valence-electron chi connectivity index (χ2n) is 4.82. The number of amides is 1. The predicted octanol–water partition coefficient (Wildman–Crippen LogP) is 3.38. The number of hydrogen-bond acceptors (Lipinski definition) is 1. The number of hydrogen-bond donors (Lipinski definition) is 1. The number of carbonyl (C=O) groups excluding carboxylic acids is 1. The van der Waals surface area contributed by atoms with E-state index in [2.05, 4.69) is 19.2 Å². The summed E-state index contributed by atoms with van der Waals surface area (Å²) in [6.45, 7) is 6.25. The highest BCUT2D eigenvalue weighted by molar-refractivity contribution is 6.18. The minimum absolute atomic E-state index is 0.0451. The molecule has 1 aromatic rings. The molecule has 0 spiro atoms. The van der Waals surface area contributed by atoms with Gasteiger partial charge in [-0.2, -0.15) is 0 Å². The predicted molar refractivity (Wildman–Crippen MR) is 72.6 cm³/mol. The minimum atomic E-state index is -0.0451. The van der Waals surface area contributed by atoms with Crippen molar-refractivity contribution in [3.63, 3.8) is 0 Å². The monoisotopic (exact) mass is 253 g/mol. The van der Waals surface area contributed by atoms with Crippen LogP contribution in [0.2, 0.25) is 0 Å². The topological polar surface area (TPSA) is 29.1 Å². The number of alkyl halides is 1. The van der Waals surface area contributed by atoms with Crippen molar-refractivity contribution < 1.29 is 4.79 Å². The van der Waals surface area contributed by atoms with E-state index in [4.69, 9.17) is 11.6 Å². The van der Waals surface area contributed by atoms with Gasteiger partial charge < -0.3 is 5.32 Å². The van der Waals surface area contributed by atoms with Gasteiger partial charge in [0.1, 0.15) is 0 Å². The molecule has 17 heavy (non-hydrogen) atoms. The van der Waals surface area contributed by atoms with Gasteiger partial charge in [-0.15, -0.1) is 11.6 Å². The van der Waals surface area contributed by atoms with Crippen molar-refractivity contribution in [1.29, 1.82) is 0 Å². The average molecular weight is 254 g/mol. The molecule has 1 unspecified atom stereocenters. The van der Waals surface area contributed by atoms with E-state index < -0.39 is 0 Å². The molecule has 3 heteroatoms. The van der Waals surface area contributed by atoms with Crippen LogP contribution in [0.5, 0.6) is 0 Å². The molecule has 1 N–H and O–H groups in total. The lowest BCUT2D eigenvalue weighted by molar-refractivity contribution is 0.0936. The second kappa shape index (κ2) is 6.65. The minimum Gasteiger partial charge on any atom is -0.348 e. The maximum absolute atomic E-state index is 11.9. The Morgan fingerprint density at radius 3 is 2.35 bits per heavy atom. The van der Waals surface area contributed by atoms with E-state index in [-0.39, 0.29) is 11.9 Å². The van der Waals surface area contributed by atoms with Gasteiger partial charge in [-0.1, -0.05) is 31.5 Å². The highest BCUT2D eigenvalue weighted by Crippen LogP contribution is 2.08. The molecular weight excluding hydrogens is 234 g/mol. The maximum Gasteiger partial charge on any atom is 0.251 e. The van der Waals surface area contributed by atoms with Crippen LogP contribution in [0.1, 0.15) is 36.2 Å². The standard InChI is InChI=1S/C14H20ClNO/c1-10(2)8-13(9-15)16-14(17)12-6-4-11(3)5-7-12/h4-7,10,13H,8-9H2,1-3H3,(H,16,17). The molecule has 0 bridgehead atoms. The van der Waals surface area contributed by atoms with Gasteiger partial charge in [0.2, 0.25) is 0 Å². The summed E-state index contributed by atoms with van der Waals surface area (Å²) >= 11 is 5.85. The highest BCUT2D eigenvalue weighted by atomic mass is 35.5. The van der Waals surface area contributed by atoms with E-state index in [1.165, 1.54) is 0 Å². The molecule has 1 atom stereocenters. The molecule has 1 rings (SSSR count). The van der Waals surface area contributed by atoms with Crippen molar-refractivity contribution in [1.82, 2.24) is 5.32 Å². The summed E-state index contributed by atoms with van der Waals surface area (Å²) in [5.41, 5.74) is 1.84.